The number of nitrogens with one attached hydrogen (secondary N) is 1. The average molecular weight is 379 g/mol. The van der Waals surface area contributed by atoms with E-state index < -0.39 is 20.6 Å². The Balaban J connectivity index is 2.21. The number of rotatable bonds is 5. The predicted octanol–water partition coefficient (Wildman–Crippen LogP) is 3.43. The van der Waals surface area contributed by atoms with Gasteiger partial charge in [-0.3, -0.25) is 4.79 Å². The molecule has 3 rings (SSSR count). The van der Waals surface area contributed by atoms with Gasteiger partial charge in [0.15, 0.2) is 5.03 Å². The van der Waals surface area contributed by atoms with Gasteiger partial charge in [-0.2, -0.15) is 5.10 Å². The number of aromatic amines is 1. The number of hydrogen-bond acceptors (Lipinski definition) is 5. The summed E-state index contributed by atoms with van der Waals surface area (Å²) in [6.07, 6.45) is 1.85. The molecular formula is C17H15ClN2O4S. The van der Waals surface area contributed by atoms with E-state index in [9.17, 15) is 13.2 Å². The van der Waals surface area contributed by atoms with Crippen LogP contribution in [0.1, 0.15) is 23.5 Å². The largest absolute Gasteiger partial charge is 0.459 e. The number of aromatic nitrogens is 2. The first-order valence-corrected chi connectivity index (χ1v) is 9.44. The normalized spacial score (nSPS) is 13.0. The lowest BCUT2D eigenvalue weighted by Gasteiger charge is -2.12. The van der Waals surface area contributed by atoms with Crippen molar-refractivity contribution in [3.63, 3.8) is 0 Å². The van der Waals surface area contributed by atoms with Gasteiger partial charge in [-0.15, -0.1) is 6.58 Å². The fourth-order valence-electron chi connectivity index (χ4n) is 2.73. The molecule has 0 fully saturated rings. The number of H-pyrrole nitrogens is 1. The highest BCUT2D eigenvalue weighted by Gasteiger charge is 2.33. The smallest absolute Gasteiger partial charge is 0.264 e. The van der Waals surface area contributed by atoms with Crippen LogP contribution in [-0.4, -0.2) is 18.6 Å². The van der Waals surface area contributed by atoms with Crippen LogP contribution in [0.4, 0.5) is 0 Å². The molecule has 0 radical (unpaired) electrons. The van der Waals surface area contributed by atoms with Crippen molar-refractivity contribution in [1.29, 1.82) is 0 Å². The van der Waals surface area contributed by atoms with E-state index in [-0.39, 0.29) is 10.8 Å². The van der Waals surface area contributed by atoms with Crippen molar-refractivity contribution in [2.45, 2.75) is 23.6 Å². The summed E-state index contributed by atoms with van der Waals surface area (Å²) >= 11 is 6.05. The molecule has 1 unspecified atom stereocenters. The molecule has 1 atom stereocenters. The van der Waals surface area contributed by atoms with E-state index in [1.54, 1.807) is 18.2 Å². The number of furan rings is 1. The minimum atomic E-state index is -3.94. The van der Waals surface area contributed by atoms with Crippen LogP contribution in [0, 0.1) is 0 Å². The molecule has 25 heavy (non-hydrogen) atoms. The van der Waals surface area contributed by atoms with Crippen molar-refractivity contribution in [2.75, 3.05) is 0 Å². The highest BCUT2D eigenvalue weighted by atomic mass is 35.5. The molecule has 2 aromatic heterocycles. The van der Waals surface area contributed by atoms with Crippen LogP contribution in [-0.2, 0) is 16.3 Å². The first kappa shape index (κ1) is 17.4. The second-order valence-corrected chi connectivity index (χ2v) is 7.85. The van der Waals surface area contributed by atoms with Crippen LogP contribution < -0.4 is 5.56 Å². The Bertz CT molecular complexity index is 1090. The van der Waals surface area contributed by atoms with Gasteiger partial charge in [0.2, 0.25) is 9.84 Å². The van der Waals surface area contributed by atoms with E-state index in [1.807, 2.05) is 6.92 Å². The quantitative estimate of drug-likeness (QED) is 0.686. The topological polar surface area (TPSA) is 93.0 Å². The van der Waals surface area contributed by atoms with Crippen molar-refractivity contribution in [1.82, 2.24) is 10.2 Å². The fraction of sp³-hybridized carbons (Fsp3) is 0.176. The predicted molar refractivity (Wildman–Crippen MR) is 95.6 cm³/mol. The second-order valence-electron chi connectivity index (χ2n) is 5.40. The number of sulfone groups is 1. The van der Waals surface area contributed by atoms with Gasteiger partial charge >= 0.3 is 0 Å². The molecule has 0 aliphatic carbocycles. The number of aryl methyl sites for hydroxylation is 1. The van der Waals surface area contributed by atoms with E-state index in [2.05, 4.69) is 16.8 Å². The van der Waals surface area contributed by atoms with Gasteiger partial charge in [0.05, 0.1) is 0 Å². The Morgan fingerprint density at radius 3 is 2.72 bits per heavy atom. The standard InChI is InChI=1S/C17H15ClN2O4S/c1-3-11-12-9-10(18)5-6-13(12)24-17(11)14(4-2)25(22,23)16-8-7-15(21)19-20-16/h4-9,14H,2-3H2,1H3,(H,19,21). The number of fused-ring (bicyclic) bond motifs is 1. The Morgan fingerprint density at radius 1 is 1.36 bits per heavy atom. The number of benzene rings is 1. The summed E-state index contributed by atoms with van der Waals surface area (Å²) in [5.41, 5.74) is 0.810. The number of hydrogen-bond donors (Lipinski definition) is 1. The molecule has 0 amide bonds. The molecule has 8 heteroatoms. The Kier molecular flexibility index (Phi) is 4.53. The molecule has 0 spiro atoms. The fourth-order valence-corrected chi connectivity index (χ4v) is 4.32. The highest BCUT2D eigenvalue weighted by molar-refractivity contribution is 7.91. The molecule has 1 N–H and O–H groups in total. The van der Waals surface area contributed by atoms with Gasteiger partial charge in [0, 0.05) is 22.0 Å². The lowest BCUT2D eigenvalue weighted by atomic mass is 10.1. The molecule has 0 saturated carbocycles. The number of halogens is 1. The monoisotopic (exact) mass is 378 g/mol. The van der Waals surface area contributed by atoms with Crippen LogP contribution in [0.15, 0.2) is 57.2 Å². The highest BCUT2D eigenvalue weighted by Crippen LogP contribution is 2.37. The molecule has 0 aliphatic heterocycles. The zero-order valence-corrected chi connectivity index (χ0v) is 14.9. The maximum atomic E-state index is 12.9. The second kappa shape index (κ2) is 6.50. The Morgan fingerprint density at radius 2 is 2.12 bits per heavy atom. The summed E-state index contributed by atoms with van der Waals surface area (Å²) < 4.78 is 31.7. The molecule has 2 heterocycles. The molecule has 0 bridgehead atoms. The van der Waals surface area contributed by atoms with Crippen molar-refractivity contribution >= 4 is 32.4 Å². The Labute approximate surface area is 149 Å². The van der Waals surface area contributed by atoms with E-state index in [1.165, 1.54) is 6.08 Å². The summed E-state index contributed by atoms with van der Waals surface area (Å²) in [6, 6.07) is 7.39. The van der Waals surface area contributed by atoms with Crippen molar-refractivity contribution in [2.24, 2.45) is 0 Å². The number of nitrogens with zero attached hydrogens (tertiary/aromatic N) is 1. The van der Waals surface area contributed by atoms with Gasteiger partial charge in [-0.25, -0.2) is 13.5 Å². The third-order valence-electron chi connectivity index (χ3n) is 3.89. The van der Waals surface area contributed by atoms with Crippen LogP contribution >= 0.6 is 11.6 Å². The van der Waals surface area contributed by atoms with Crippen molar-refractivity contribution < 1.29 is 12.8 Å². The van der Waals surface area contributed by atoms with Gasteiger partial charge in [0.1, 0.15) is 16.6 Å². The van der Waals surface area contributed by atoms with Gasteiger partial charge in [0.25, 0.3) is 5.56 Å². The van der Waals surface area contributed by atoms with Crippen molar-refractivity contribution in [3.8, 4) is 0 Å². The van der Waals surface area contributed by atoms with E-state index in [4.69, 9.17) is 16.0 Å². The minimum Gasteiger partial charge on any atom is -0.459 e. The summed E-state index contributed by atoms with van der Waals surface area (Å²) in [6.45, 7) is 5.55. The van der Waals surface area contributed by atoms with Crippen LogP contribution in [0.2, 0.25) is 5.02 Å². The first-order chi connectivity index (χ1) is 11.9. The zero-order chi connectivity index (χ0) is 18.2. The third kappa shape index (κ3) is 3.01. The third-order valence-corrected chi connectivity index (χ3v) is 6.01. The SMILES string of the molecule is C=CC(c1oc2ccc(Cl)cc2c1CC)S(=O)(=O)c1ccc(=O)[nH]n1. The van der Waals surface area contributed by atoms with E-state index in [0.29, 0.717) is 17.0 Å². The van der Waals surface area contributed by atoms with Gasteiger partial charge < -0.3 is 4.42 Å². The van der Waals surface area contributed by atoms with Gasteiger partial charge in [-0.05, 0) is 30.7 Å². The summed E-state index contributed by atoms with van der Waals surface area (Å²) in [5.74, 6) is 0.280. The Hall–Kier alpha value is -2.38. The minimum absolute atomic E-state index is 0.252. The summed E-state index contributed by atoms with van der Waals surface area (Å²) in [5, 5.41) is 5.68. The van der Waals surface area contributed by atoms with Crippen LogP contribution in [0.3, 0.4) is 0 Å². The van der Waals surface area contributed by atoms with E-state index in [0.717, 1.165) is 23.1 Å². The van der Waals surface area contributed by atoms with Crippen LogP contribution in [0.25, 0.3) is 11.0 Å². The average Bonchev–Trinajstić information content (AvgIpc) is 2.92. The van der Waals surface area contributed by atoms with Crippen LogP contribution in [0.5, 0.6) is 0 Å². The molecule has 0 saturated heterocycles. The molecule has 1 aromatic carbocycles. The van der Waals surface area contributed by atoms with E-state index >= 15 is 0 Å². The molecule has 130 valence electrons. The first-order valence-electron chi connectivity index (χ1n) is 7.51. The zero-order valence-electron chi connectivity index (χ0n) is 13.3. The van der Waals surface area contributed by atoms with Crippen molar-refractivity contribution in [3.05, 3.63) is 69.7 Å². The lowest BCUT2D eigenvalue weighted by molar-refractivity contribution is 0.533. The molecule has 0 aliphatic rings. The maximum absolute atomic E-state index is 12.9. The molecule has 6 nitrogen and oxygen atoms in total. The van der Waals surface area contributed by atoms with Gasteiger partial charge in [-0.1, -0.05) is 24.6 Å². The summed E-state index contributed by atoms with van der Waals surface area (Å²) in [7, 11) is -3.94. The lowest BCUT2D eigenvalue weighted by Crippen LogP contribution is -2.17. The molecular weight excluding hydrogens is 364 g/mol. The summed E-state index contributed by atoms with van der Waals surface area (Å²) in [4.78, 5) is 11.1. The molecule has 3 aromatic rings. The maximum Gasteiger partial charge on any atom is 0.264 e.